The normalized spacial score (nSPS) is 13.2. The second-order valence-corrected chi connectivity index (χ2v) is 6.56. The van der Waals surface area contributed by atoms with Crippen LogP contribution in [-0.2, 0) is 6.42 Å². The molecule has 4 aromatic rings. The monoisotopic (exact) mass is 320 g/mol. The van der Waals surface area contributed by atoms with E-state index in [0.717, 1.165) is 23.4 Å². The molecular weight excluding hydrogens is 300 g/mol. The summed E-state index contributed by atoms with van der Waals surface area (Å²) in [5.74, 6) is 0.772. The third-order valence-corrected chi connectivity index (χ3v) is 4.54. The van der Waals surface area contributed by atoms with Gasteiger partial charge in [0.05, 0.1) is 0 Å². The zero-order valence-corrected chi connectivity index (χ0v) is 14.1. The highest BCUT2D eigenvalue weighted by Gasteiger charge is 2.14. The van der Waals surface area contributed by atoms with E-state index in [1.54, 1.807) is 12.7 Å². The van der Waals surface area contributed by atoms with Crippen LogP contribution in [0.2, 0.25) is 0 Å². The number of aromatic nitrogens is 6. The summed E-state index contributed by atoms with van der Waals surface area (Å²) in [6, 6.07) is 8.47. The standard InChI is InChI=1S/C18H20N6/c1-12(2)16-6-5-15(24-18(16)20-11-22-24)8-13(3)14-4-7-17-19-10-21-23(17)9-14/h4-7,9-13H,8H2,1-3H3. The number of pyridine rings is 2. The molecule has 122 valence electrons. The Morgan fingerprint density at radius 2 is 1.79 bits per heavy atom. The molecule has 0 aliphatic heterocycles. The highest BCUT2D eigenvalue weighted by Crippen LogP contribution is 2.24. The third kappa shape index (κ3) is 2.44. The topological polar surface area (TPSA) is 60.4 Å². The summed E-state index contributed by atoms with van der Waals surface area (Å²) >= 11 is 0. The Morgan fingerprint density at radius 3 is 2.62 bits per heavy atom. The summed E-state index contributed by atoms with van der Waals surface area (Å²) < 4.78 is 3.79. The predicted molar refractivity (Wildman–Crippen MR) is 92.2 cm³/mol. The molecule has 0 aliphatic rings. The molecule has 6 nitrogen and oxygen atoms in total. The highest BCUT2D eigenvalue weighted by atomic mass is 15.3. The van der Waals surface area contributed by atoms with Gasteiger partial charge in [0.1, 0.15) is 12.7 Å². The lowest BCUT2D eigenvalue weighted by atomic mass is 9.96. The summed E-state index contributed by atoms with van der Waals surface area (Å²) in [6.45, 7) is 6.58. The van der Waals surface area contributed by atoms with Crippen LogP contribution in [-0.4, -0.2) is 29.2 Å². The van der Waals surface area contributed by atoms with E-state index in [4.69, 9.17) is 0 Å². The SMILES string of the molecule is CC(C)c1ccc(CC(C)c2ccc3ncnn3c2)n2ncnc12. The number of hydrogen-bond acceptors (Lipinski definition) is 4. The van der Waals surface area contributed by atoms with Crippen molar-refractivity contribution in [2.75, 3.05) is 0 Å². The summed E-state index contributed by atoms with van der Waals surface area (Å²) in [4.78, 5) is 8.64. The molecule has 0 aliphatic carbocycles. The summed E-state index contributed by atoms with van der Waals surface area (Å²) in [6.07, 6.45) is 6.15. The third-order valence-electron chi connectivity index (χ3n) is 4.54. The van der Waals surface area contributed by atoms with Crippen LogP contribution in [0.25, 0.3) is 11.3 Å². The van der Waals surface area contributed by atoms with Crippen LogP contribution in [0.3, 0.4) is 0 Å². The van der Waals surface area contributed by atoms with Crippen LogP contribution in [0, 0.1) is 0 Å². The van der Waals surface area contributed by atoms with Gasteiger partial charge < -0.3 is 0 Å². The van der Waals surface area contributed by atoms with E-state index < -0.39 is 0 Å². The minimum atomic E-state index is 0.343. The minimum absolute atomic E-state index is 0.343. The van der Waals surface area contributed by atoms with Crippen molar-refractivity contribution >= 4 is 11.3 Å². The van der Waals surface area contributed by atoms with E-state index in [1.807, 2.05) is 21.3 Å². The van der Waals surface area contributed by atoms with E-state index in [1.165, 1.54) is 11.1 Å². The average Bonchev–Trinajstić information content (AvgIpc) is 3.23. The van der Waals surface area contributed by atoms with Gasteiger partial charge in [0, 0.05) is 11.9 Å². The molecule has 0 radical (unpaired) electrons. The van der Waals surface area contributed by atoms with Gasteiger partial charge in [-0.25, -0.2) is 19.0 Å². The van der Waals surface area contributed by atoms with E-state index in [-0.39, 0.29) is 0 Å². The summed E-state index contributed by atoms with van der Waals surface area (Å²) in [7, 11) is 0. The second-order valence-electron chi connectivity index (χ2n) is 6.56. The molecule has 0 N–H and O–H groups in total. The van der Waals surface area contributed by atoms with E-state index in [0.29, 0.717) is 11.8 Å². The Morgan fingerprint density at radius 1 is 0.958 bits per heavy atom. The second kappa shape index (κ2) is 5.70. The number of fused-ring (bicyclic) bond motifs is 2. The zero-order valence-electron chi connectivity index (χ0n) is 14.1. The first-order chi connectivity index (χ1) is 11.6. The fourth-order valence-corrected chi connectivity index (χ4v) is 3.14. The molecule has 4 aromatic heterocycles. The molecule has 6 heteroatoms. The van der Waals surface area contributed by atoms with Crippen LogP contribution in [0.15, 0.2) is 43.1 Å². The van der Waals surface area contributed by atoms with Crippen molar-refractivity contribution in [1.82, 2.24) is 29.2 Å². The molecule has 0 amide bonds. The van der Waals surface area contributed by atoms with Crippen molar-refractivity contribution < 1.29 is 0 Å². The van der Waals surface area contributed by atoms with Gasteiger partial charge in [-0.05, 0) is 41.5 Å². The van der Waals surface area contributed by atoms with Crippen molar-refractivity contribution in [3.63, 3.8) is 0 Å². The van der Waals surface area contributed by atoms with Gasteiger partial charge in [0.25, 0.3) is 0 Å². The maximum Gasteiger partial charge on any atom is 0.159 e. The molecule has 0 aromatic carbocycles. The lowest BCUT2D eigenvalue weighted by molar-refractivity contribution is 0.701. The molecular formula is C18H20N6. The lowest BCUT2D eigenvalue weighted by Crippen LogP contribution is -2.07. The maximum absolute atomic E-state index is 4.44. The Hall–Kier alpha value is -2.76. The maximum atomic E-state index is 4.44. The van der Waals surface area contributed by atoms with E-state index in [2.05, 4.69) is 59.1 Å². The predicted octanol–water partition coefficient (Wildman–Crippen LogP) is 3.24. The Labute approximate surface area is 140 Å². The molecule has 0 spiro atoms. The molecule has 24 heavy (non-hydrogen) atoms. The van der Waals surface area contributed by atoms with Crippen molar-refractivity contribution in [2.45, 2.75) is 39.0 Å². The summed E-state index contributed by atoms with van der Waals surface area (Å²) in [5, 5.41) is 8.65. The number of nitrogens with zero attached hydrogens (tertiary/aromatic N) is 6. The van der Waals surface area contributed by atoms with Crippen molar-refractivity contribution in [3.8, 4) is 0 Å². The molecule has 1 unspecified atom stereocenters. The van der Waals surface area contributed by atoms with Crippen LogP contribution in [0.4, 0.5) is 0 Å². The van der Waals surface area contributed by atoms with E-state index >= 15 is 0 Å². The largest absolute Gasteiger partial charge is 0.221 e. The van der Waals surface area contributed by atoms with Gasteiger partial charge in [-0.1, -0.05) is 32.9 Å². The van der Waals surface area contributed by atoms with Crippen LogP contribution in [0.5, 0.6) is 0 Å². The van der Waals surface area contributed by atoms with Crippen LogP contribution in [0.1, 0.15) is 49.4 Å². The first kappa shape index (κ1) is 14.8. The Bertz CT molecular complexity index is 997. The molecule has 0 fully saturated rings. The fourth-order valence-electron chi connectivity index (χ4n) is 3.14. The number of hydrogen-bond donors (Lipinski definition) is 0. The molecule has 0 saturated heterocycles. The lowest BCUT2D eigenvalue weighted by Gasteiger charge is -2.15. The van der Waals surface area contributed by atoms with Crippen molar-refractivity contribution in [1.29, 1.82) is 0 Å². The molecule has 4 heterocycles. The van der Waals surface area contributed by atoms with Crippen LogP contribution < -0.4 is 0 Å². The Balaban J connectivity index is 1.68. The molecule has 4 rings (SSSR count). The first-order valence-electron chi connectivity index (χ1n) is 8.24. The van der Waals surface area contributed by atoms with Gasteiger partial charge in [0.2, 0.25) is 0 Å². The van der Waals surface area contributed by atoms with E-state index in [9.17, 15) is 0 Å². The molecule has 0 bridgehead atoms. The number of rotatable bonds is 4. The van der Waals surface area contributed by atoms with Gasteiger partial charge in [-0.2, -0.15) is 10.2 Å². The van der Waals surface area contributed by atoms with Gasteiger partial charge in [-0.15, -0.1) is 0 Å². The Kier molecular flexibility index (Phi) is 3.52. The highest BCUT2D eigenvalue weighted by molar-refractivity contribution is 5.49. The molecule has 1 atom stereocenters. The van der Waals surface area contributed by atoms with Crippen molar-refractivity contribution in [2.24, 2.45) is 0 Å². The average molecular weight is 320 g/mol. The zero-order chi connectivity index (χ0) is 16.7. The smallest absolute Gasteiger partial charge is 0.159 e. The van der Waals surface area contributed by atoms with Gasteiger partial charge in [0.15, 0.2) is 11.3 Å². The van der Waals surface area contributed by atoms with Crippen molar-refractivity contribution in [3.05, 3.63) is 59.9 Å². The quantitative estimate of drug-likeness (QED) is 0.579. The summed E-state index contributed by atoms with van der Waals surface area (Å²) in [5.41, 5.74) is 5.45. The van der Waals surface area contributed by atoms with Crippen LogP contribution >= 0.6 is 0 Å². The fraction of sp³-hybridized carbons (Fsp3) is 0.333. The first-order valence-corrected chi connectivity index (χ1v) is 8.24. The molecule has 0 saturated carbocycles. The van der Waals surface area contributed by atoms with Gasteiger partial charge >= 0.3 is 0 Å². The van der Waals surface area contributed by atoms with Gasteiger partial charge in [-0.3, -0.25) is 0 Å². The minimum Gasteiger partial charge on any atom is -0.221 e.